The predicted molar refractivity (Wildman–Crippen MR) is 77.2 cm³/mol. The first-order valence-electron chi connectivity index (χ1n) is 6.97. The first-order chi connectivity index (χ1) is 9.60. The van der Waals surface area contributed by atoms with Crippen LogP contribution >= 0.6 is 0 Å². The molecule has 1 heterocycles. The number of piperazine rings is 1. The van der Waals surface area contributed by atoms with Gasteiger partial charge < -0.3 is 10.6 Å². The summed E-state index contributed by atoms with van der Waals surface area (Å²) in [5.41, 5.74) is 2.30. The molecule has 1 fully saturated rings. The summed E-state index contributed by atoms with van der Waals surface area (Å²) in [5, 5.41) is 8.66. The Labute approximate surface area is 119 Å². The highest BCUT2D eigenvalue weighted by molar-refractivity contribution is 5.86. The zero-order valence-corrected chi connectivity index (χ0v) is 11.9. The highest BCUT2D eigenvalue weighted by atomic mass is 16.2. The molecule has 5 nitrogen and oxygen atoms in total. The maximum Gasteiger partial charge on any atom is 0.239 e. The standard InChI is InChI=1S/C15H21N3O2/c1-3-12(11-6-4-10(2)5-7-11)18-15(20)13-8-17-14(19)9-16-13/h4-7,12-13,16H,3,8-9H2,1-2H3,(H,17,19)(H,18,20). The minimum atomic E-state index is -0.354. The van der Waals surface area contributed by atoms with E-state index in [0.29, 0.717) is 6.54 Å². The van der Waals surface area contributed by atoms with Gasteiger partial charge in [-0.1, -0.05) is 36.8 Å². The van der Waals surface area contributed by atoms with Crippen LogP contribution < -0.4 is 16.0 Å². The van der Waals surface area contributed by atoms with Crippen LogP contribution in [0.1, 0.15) is 30.5 Å². The fourth-order valence-corrected chi connectivity index (χ4v) is 2.24. The number of benzene rings is 1. The normalized spacial score (nSPS) is 20.1. The predicted octanol–water partition coefficient (Wildman–Crippen LogP) is 0.650. The van der Waals surface area contributed by atoms with Gasteiger partial charge in [-0.3, -0.25) is 14.9 Å². The van der Waals surface area contributed by atoms with Crippen LogP contribution in [0.2, 0.25) is 0 Å². The van der Waals surface area contributed by atoms with Gasteiger partial charge in [0, 0.05) is 6.54 Å². The second kappa shape index (κ2) is 6.52. The molecule has 2 atom stereocenters. The summed E-state index contributed by atoms with van der Waals surface area (Å²) in [4.78, 5) is 23.2. The number of aryl methyl sites for hydroxylation is 1. The van der Waals surface area contributed by atoms with E-state index in [9.17, 15) is 9.59 Å². The minimum Gasteiger partial charge on any atom is -0.353 e. The summed E-state index contributed by atoms with van der Waals surface area (Å²) < 4.78 is 0. The second-order valence-corrected chi connectivity index (χ2v) is 5.12. The minimum absolute atomic E-state index is 0.00234. The van der Waals surface area contributed by atoms with Crippen molar-refractivity contribution in [3.63, 3.8) is 0 Å². The molecule has 0 spiro atoms. The van der Waals surface area contributed by atoms with Crippen LogP contribution in [-0.4, -0.2) is 30.9 Å². The third-order valence-electron chi connectivity index (χ3n) is 3.53. The third-order valence-corrected chi connectivity index (χ3v) is 3.53. The molecule has 0 bridgehead atoms. The van der Waals surface area contributed by atoms with Crippen molar-refractivity contribution in [3.05, 3.63) is 35.4 Å². The van der Waals surface area contributed by atoms with Crippen LogP contribution in [0.5, 0.6) is 0 Å². The maximum atomic E-state index is 12.2. The Hall–Kier alpha value is -1.88. The molecule has 1 aliphatic heterocycles. The van der Waals surface area contributed by atoms with Crippen molar-refractivity contribution >= 4 is 11.8 Å². The first kappa shape index (κ1) is 14.5. The molecule has 2 unspecified atom stereocenters. The van der Waals surface area contributed by atoms with E-state index in [0.717, 1.165) is 12.0 Å². The number of hydrogen-bond acceptors (Lipinski definition) is 3. The molecule has 2 rings (SSSR count). The van der Waals surface area contributed by atoms with Crippen LogP contribution in [0.15, 0.2) is 24.3 Å². The summed E-state index contributed by atoms with van der Waals surface area (Å²) in [5.74, 6) is -0.142. The van der Waals surface area contributed by atoms with Gasteiger partial charge in [0.1, 0.15) is 6.04 Å². The lowest BCUT2D eigenvalue weighted by molar-refractivity contribution is -0.127. The van der Waals surface area contributed by atoms with Crippen LogP contribution in [0.4, 0.5) is 0 Å². The summed E-state index contributed by atoms with van der Waals surface area (Å²) in [6.45, 7) is 4.62. The van der Waals surface area contributed by atoms with E-state index >= 15 is 0 Å². The van der Waals surface area contributed by atoms with Crippen molar-refractivity contribution in [2.75, 3.05) is 13.1 Å². The van der Waals surface area contributed by atoms with E-state index in [-0.39, 0.29) is 30.4 Å². The Kier molecular flexibility index (Phi) is 4.74. The van der Waals surface area contributed by atoms with E-state index in [4.69, 9.17) is 0 Å². The van der Waals surface area contributed by atoms with E-state index in [1.165, 1.54) is 5.56 Å². The van der Waals surface area contributed by atoms with E-state index in [1.54, 1.807) is 0 Å². The van der Waals surface area contributed by atoms with Gasteiger partial charge in [-0.25, -0.2) is 0 Å². The highest BCUT2D eigenvalue weighted by Crippen LogP contribution is 2.17. The van der Waals surface area contributed by atoms with Gasteiger partial charge in [-0.05, 0) is 18.9 Å². The molecule has 1 saturated heterocycles. The average Bonchev–Trinajstić information content (AvgIpc) is 2.46. The van der Waals surface area contributed by atoms with Crippen molar-refractivity contribution in [1.82, 2.24) is 16.0 Å². The molecule has 2 amide bonds. The summed E-state index contributed by atoms with van der Waals surface area (Å²) in [6.07, 6.45) is 0.827. The van der Waals surface area contributed by atoms with Gasteiger partial charge in [0.2, 0.25) is 11.8 Å². The van der Waals surface area contributed by atoms with Crippen molar-refractivity contribution in [3.8, 4) is 0 Å². The van der Waals surface area contributed by atoms with E-state index in [1.807, 2.05) is 38.1 Å². The molecule has 1 aromatic rings. The lowest BCUT2D eigenvalue weighted by Gasteiger charge is -2.26. The van der Waals surface area contributed by atoms with E-state index in [2.05, 4.69) is 16.0 Å². The Morgan fingerprint density at radius 3 is 2.65 bits per heavy atom. The van der Waals surface area contributed by atoms with Crippen LogP contribution in [-0.2, 0) is 9.59 Å². The zero-order chi connectivity index (χ0) is 14.5. The topological polar surface area (TPSA) is 70.2 Å². The van der Waals surface area contributed by atoms with Crippen molar-refractivity contribution in [1.29, 1.82) is 0 Å². The van der Waals surface area contributed by atoms with E-state index < -0.39 is 0 Å². The number of carbonyl (C=O) groups excluding carboxylic acids is 2. The van der Waals surface area contributed by atoms with Gasteiger partial charge in [0.15, 0.2) is 0 Å². The summed E-state index contributed by atoms with van der Waals surface area (Å²) >= 11 is 0. The van der Waals surface area contributed by atoms with Gasteiger partial charge in [-0.2, -0.15) is 0 Å². The summed E-state index contributed by atoms with van der Waals surface area (Å²) in [6, 6.07) is 7.82. The Balaban J connectivity index is 1.97. The third kappa shape index (κ3) is 3.57. The van der Waals surface area contributed by atoms with Crippen LogP contribution in [0.3, 0.4) is 0 Å². The molecule has 1 aromatic carbocycles. The largest absolute Gasteiger partial charge is 0.353 e. The Morgan fingerprint density at radius 1 is 1.40 bits per heavy atom. The number of hydrogen-bond donors (Lipinski definition) is 3. The monoisotopic (exact) mass is 275 g/mol. The quantitative estimate of drug-likeness (QED) is 0.755. The molecule has 0 radical (unpaired) electrons. The van der Waals surface area contributed by atoms with Gasteiger partial charge in [-0.15, -0.1) is 0 Å². The van der Waals surface area contributed by atoms with Crippen LogP contribution in [0, 0.1) is 6.92 Å². The smallest absolute Gasteiger partial charge is 0.239 e. The molecule has 20 heavy (non-hydrogen) atoms. The van der Waals surface area contributed by atoms with Gasteiger partial charge in [0.05, 0.1) is 12.6 Å². The summed E-state index contributed by atoms with van der Waals surface area (Å²) in [7, 11) is 0. The fraction of sp³-hybridized carbons (Fsp3) is 0.467. The van der Waals surface area contributed by atoms with Crippen molar-refractivity contribution in [2.45, 2.75) is 32.4 Å². The molecule has 0 aromatic heterocycles. The molecule has 0 aliphatic carbocycles. The number of nitrogens with one attached hydrogen (secondary N) is 3. The number of amides is 2. The molecule has 108 valence electrons. The number of carbonyl (C=O) groups is 2. The van der Waals surface area contributed by atoms with Crippen molar-refractivity contribution in [2.24, 2.45) is 0 Å². The molecule has 0 saturated carbocycles. The van der Waals surface area contributed by atoms with Crippen molar-refractivity contribution < 1.29 is 9.59 Å². The molecular formula is C15H21N3O2. The molecule has 3 N–H and O–H groups in total. The molecular weight excluding hydrogens is 254 g/mol. The fourth-order valence-electron chi connectivity index (χ4n) is 2.24. The lowest BCUT2D eigenvalue weighted by Crippen LogP contribution is -2.58. The second-order valence-electron chi connectivity index (χ2n) is 5.12. The molecule has 1 aliphatic rings. The highest BCUT2D eigenvalue weighted by Gasteiger charge is 2.25. The maximum absolute atomic E-state index is 12.2. The number of rotatable bonds is 4. The lowest BCUT2D eigenvalue weighted by atomic mass is 10.0. The van der Waals surface area contributed by atoms with Gasteiger partial charge >= 0.3 is 0 Å². The Morgan fingerprint density at radius 2 is 2.10 bits per heavy atom. The Bertz CT molecular complexity index is 474. The first-order valence-corrected chi connectivity index (χ1v) is 6.97. The average molecular weight is 275 g/mol. The molecule has 5 heteroatoms. The van der Waals surface area contributed by atoms with Gasteiger partial charge in [0.25, 0.3) is 0 Å². The SMILES string of the molecule is CCC(NC(=O)C1CNC(=O)CN1)c1ccc(C)cc1. The zero-order valence-electron chi connectivity index (χ0n) is 11.9. The van der Waals surface area contributed by atoms with Crippen LogP contribution in [0.25, 0.3) is 0 Å².